The Labute approximate surface area is 99.3 Å². The highest BCUT2D eigenvalue weighted by atomic mass is 16.4. The molecule has 0 saturated heterocycles. The molecule has 0 heterocycles. The van der Waals surface area contributed by atoms with E-state index in [1.165, 1.54) is 25.7 Å². The van der Waals surface area contributed by atoms with Crippen LogP contribution in [-0.2, 0) is 0 Å². The van der Waals surface area contributed by atoms with Crippen LogP contribution in [0.3, 0.4) is 0 Å². The Bertz CT molecular complexity index is 193. The van der Waals surface area contributed by atoms with Crippen molar-refractivity contribution in [2.45, 2.75) is 58.9 Å². The number of oxime groups is 1. The topological polar surface area (TPSA) is 70.6 Å². The standard InChI is InChI=1S/C12H27N3O/c1-10(2)8-6-4-5-7-9-14-11(3)12(13)15-16/h10-11,14,16H,4-9H2,1-3H3,(H2,13,15). The lowest BCUT2D eigenvalue weighted by molar-refractivity contribution is 0.315. The normalized spacial score (nSPS) is 14.4. The van der Waals surface area contributed by atoms with Gasteiger partial charge in [-0.25, -0.2) is 0 Å². The van der Waals surface area contributed by atoms with Crippen LogP contribution in [0.4, 0.5) is 0 Å². The first-order valence-corrected chi connectivity index (χ1v) is 6.28. The molecule has 0 spiro atoms. The van der Waals surface area contributed by atoms with E-state index in [-0.39, 0.29) is 11.9 Å². The highest BCUT2D eigenvalue weighted by Gasteiger charge is 2.04. The van der Waals surface area contributed by atoms with Crippen molar-refractivity contribution in [1.82, 2.24) is 5.32 Å². The van der Waals surface area contributed by atoms with Crippen LogP contribution in [-0.4, -0.2) is 23.6 Å². The molecule has 0 aliphatic heterocycles. The summed E-state index contributed by atoms with van der Waals surface area (Å²) in [5, 5.41) is 14.6. The van der Waals surface area contributed by atoms with Crippen LogP contribution in [0.15, 0.2) is 5.16 Å². The lowest BCUT2D eigenvalue weighted by atomic mass is 10.0. The summed E-state index contributed by atoms with van der Waals surface area (Å²) in [6.45, 7) is 7.35. The van der Waals surface area contributed by atoms with Crippen molar-refractivity contribution >= 4 is 5.84 Å². The van der Waals surface area contributed by atoms with Crippen molar-refractivity contribution < 1.29 is 5.21 Å². The van der Waals surface area contributed by atoms with Crippen LogP contribution in [0.5, 0.6) is 0 Å². The van der Waals surface area contributed by atoms with Gasteiger partial charge in [0.15, 0.2) is 5.84 Å². The predicted molar refractivity (Wildman–Crippen MR) is 68.8 cm³/mol. The Morgan fingerprint density at radius 1 is 1.19 bits per heavy atom. The number of unbranched alkanes of at least 4 members (excludes halogenated alkanes) is 3. The van der Waals surface area contributed by atoms with Crippen molar-refractivity contribution in [3.8, 4) is 0 Å². The molecule has 0 aromatic heterocycles. The van der Waals surface area contributed by atoms with E-state index in [0.29, 0.717) is 0 Å². The maximum atomic E-state index is 8.45. The monoisotopic (exact) mass is 229 g/mol. The fourth-order valence-electron chi connectivity index (χ4n) is 1.54. The summed E-state index contributed by atoms with van der Waals surface area (Å²) in [4.78, 5) is 0. The first-order valence-electron chi connectivity index (χ1n) is 6.28. The molecule has 0 rings (SSSR count). The lowest BCUT2D eigenvalue weighted by Crippen LogP contribution is -2.39. The van der Waals surface area contributed by atoms with Gasteiger partial charge in [0, 0.05) is 0 Å². The molecule has 4 heteroatoms. The van der Waals surface area contributed by atoms with Crippen molar-refractivity contribution in [1.29, 1.82) is 0 Å². The van der Waals surface area contributed by atoms with Crippen LogP contribution in [0.1, 0.15) is 52.9 Å². The van der Waals surface area contributed by atoms with Crippen LogP contribution in [0.25, 0.3) is 0 Å². The summed E-state index contributed by atoms with van der Waals surface area (Å²) in [6, 6.07) is -0.0411. The summed E-state index contributed by atoms with van der Waals surface area (Å²) in [5.41, 5.74) is 5.45. The van der Waals surface area contributed by atoms with Gasteiger partial charge in [0.25, 0.3) is 0 Å². The Balaban J connectivity index is 3.27. The predicted octanol–water partition coefficient (Wildman–Crippen LogP) is 2.32. The summed E-state index contributed by atoms with van der Waals surface area (Å²) in [7, 11) is 0. The molecular formula is C12H27N3O. The fraction of sp³-hybridized carbons (Fsp3) is 0.917. The molecule has 4 N–H and O–H groups in total. The zero-order chi connectivity index (χ0) is 12.4. The van der Waals surface area contributed by atoms with E-state index in [1.54, 1.807) is 0 Å². The van der Waals surface area contributed by atoms with Gasteiger partial charge in [-0.05, 0) is 25.8 Å². The highest BCUT2D eigenvalue weighted by molar-refractivity contribution is 5.84. The molecule has 96 valence electrons. The van der Waals surface area contributed by atoms with Crippen LogP contribution in [0, 0.1) is 5.92 Å². The summed E-state index contributed by atoms with van der Waals surface area (Å²) in [5.74, 6) is 1.07. The molecule has 0 saturated carbocycles. The van der Waals surface area contributed by atoms with E-state index in [0.717, 1.165) is 18.9 Å². The van der Waals surface area contributed by atoms with E-state index in [9.17, 15) is 0 Å². The smallest absolute Gasteiger partial charge is 0.156 e. The first-order chi connectivity index (χ1) is 7.57. The number of nitrogens with one attached hydrogen (secondary N) is 1. The Morgan fingerprint density at radius 3 is 2.38 bits per heavy atom. The zero-order valence-electron chi connectivity index (χ0n) is 10.9. The number of nitrogens with zero attached hydrogens (tertiary/aromatic N) is 1. The van der Waals surface area contributed by atoms with Crippen molar-refractivity contribution in [2.24, 2.45) is 16.8 Å². The van der Waals surface area contributed by atoms with Crippen LogP contribution < -0.4 is 11.1 Å². The average molecular weight is 229 g/mol. The van der Waals surface area contributed by atoms with Gasteiger partial charge in [-0.15, -0.1) is 0 Å². The van der Waals surface area contributed by atoms with E-state index in [4.69, 9.17) is 10.9 Å². The van der Waals surface area contributed by atoms with Gasteiger partial charge in [0.2, 0.25) is 0 Å². The molecule has 0 radical (unpaired) electrons. The number of nitrogens with two attached hydrogens (primary N) is 1. The minimum absolute atomic E-state index is 0.0411. The van der Waals surface area contributed by atoms with Crippen LogP contribution >= 0.6 is 0 Å². The van der Waals surface area contributed by atoms with Gasteiger partial charge in [0.05, 0.1) is 6.04 Å². The minimum atomic E-state index is -0.0411. The average Bonchev–Trinajstić information content (AvgIpc) is 2.25. The van der Waals surface area contributed by atoms with Crippen molar-refractivity contribution in [3.05, 3.63) is 0 Å². The molecule has 0 bridgehead atoms. The molecule has 16 heavy (non-hydrogen) atoms. The second-order valence-corrected chi connectivity index (χ2v) is 4.80. The quantitative estimate of drug-likeness (QED) is 0.187. The van der Waals surface area contributed by atoms with Gasteiger partial charge in [0.1, 0.15) is 0 Å². The molecule has 0 aliphatic carbocycles. The summed E-state index contributed by atoms with van der Waals surface area (Å²) in [6.07, 6.45) is 6.36. The van der Waals surface area contributed by atoms with E-state index >= 15 is 0 Å². The van der Waals surface area contributed by atoms with Crippen LogP contribution in [0.2, 0.25) is 0 Å². The minimum Gasteiger partial charge on any atom is -0.409 e. The summed E-state index contributed by atoms with van der Waals surface area (Å²) < 4.78 is 0. The highest BCUT2D eigenvalue weighted by Crippen LogP contribution is 2.08. The largest absolute Gasteiger partial charge is 0.409 e. The second kappa shape index (κ2) is 9.46. The molecule has 0 aromatic carbocycles. The molecular weight excluding hydrogens is 202 g/mol. The molecule has 1 atom stereocenters. The number of rotatable bonds is 9. The number of hydrogen-bond acceptors (Lipinski definition) is 3. The molecule has 0 aromatic rings. The Morgan fingerprint density at radius 2 is 1.81 bits per heavy atom. The van der Waals surface area contributed by atoms with Gasteiger partial charge < -0.3 is 16.3 Å². The van der Waals surface area contributed by atoms with Gasteiger partial charge in [-0.1, -0.05) is 44.7 Å². The summed E-state index contributed by atoms with van der Waals surface area (Å²) >= 11 is 0. The van der Waals surface area contributed by atoms with Gasteiger partial charge in [-0.3, -0.25) is 0 Å². The fourth-order valence-corrected chi connectivity index (χ4v) is 1.54. The van der Waals surface area contributed by atoms with E-state index in [2.05, 4.69) is 24.3 Å². The third kappa shape index (κ3) is 8.53. The molecule has 1 unspecified atom stereocenters. The van der Waals surface area contributed by atoms with E-state index in [1.807, 2.05) is 6.92 Å². The number of amidine groups is 1. The maximum Gasteiger partial charge on any atom is 0.156 e. The second-order valence-electron chi connectivity index (χ2n) is 4.80. The third-order valence-corrected chi connectivity index (χ3v) is 2.72. The lowest BCUT2D eigenvalue weighted by Gasteiger charge is -2.11. The molecule has 0 amide bonds. The van der Waals surface area contributed by atoms with E-state index < -0.39 is 0 Å². The Hall–Kier alpha value is -0.770. The maximum absolute atomic E-state index is 8.45. The molecule has 0 aliphatic rings. The van der Waals surface area contributed by atoms with Gasteiger partial charge >= 0.3 is 0 Å². The first kappa shape index (κ1) is 15.2. The van der Waals surface area contributed by atoms with Crippen molar-refractivity contribution in [3.63, 3.8) is 0 Å². The number of hydrogen-bond donors (Lipinski definition) is 3. The molecule has 4 nitrogen and oxygen atoms in total. The van der Waals surface area contributed by atoms with Gasteiger partial charge in [-0.2, -0.15) is 0 Å². The molecule has 0 fully saturated rings. The Kier molecular flexibility index (Phi) is 9.00. The van der Waals surface area contributed by atoms with Crippen molar-refractivity contribution in [2.75, 3.05) is 6.54 Å². The SMILES string of the molecule is CC(C)CCCCCCNC(C)C(N)=NO. The third-order valence-electron chi connectivity index (χ3n) is 2.72. The zero-order valence-corrected chi connectivity index (χ0v) is 10.9.